The van der Waals surface area contributed by atoms with Gasteiger partial charge in [0.1, 0.15) is 0 Å². The van der Waals surface area contributed by atoms with E-state index < -0.39 is 5.97 Å². The lowest BCUT2D eigenvalue weighted by Crippen LogP contribution is -2.16. The number of methoxy groups -OCH3 is 1. The number of halogens is 1. The summed E-state index contributed by atoms with van der Waals surface area (Å²) in [7, 11) is 1.55. The van der Waals surface area contributed by atoms with Gasteiger partial charge in [0.2, 0.25) is 0 Å². The summed E-state index contributed by atoms with van der Waals surface area (Å²) < 4.78 is 15.8. The summed E-state index contributed by atoms with van der Waals surface area (Å²) in [6, 6.07) is 12.9. The van der Waals surface area contributed by atoms with Gasteiger partial charge in [-0.05, 0) is 48.7 Å². The zero-order valence-corrected chi connectivity index (χ0v) is 15.2. The van der Waals surface area contributed by atoms with E-state index in [1.807, 2.05) is 36.5 Å². The quantitative estimate of drug-likeness (QED) is 0.470. The van der Waals surface area contributed by atoms with Crippen LogP contribution >= 0.6 is 11.6 Å². The molecule has 3 aromatic rings. The standard InChI is InChI=1S/C20H20ClNO4/c1-24-18-6-2-3-7-19(18)26-13-20(23)25-10-4-5-14-12-22-17-9-8-15(21)11-16(14)17/h2-3,6-9,11-12,22H,4-5,10,13H2,1H3. The van der Waals surface area contributed by atoms with Gasteiger partial charge in [0.05, 0.1) is 13.7 Å². The smallest absolute Gasteiger partial charge is 0.344 e. The minimum Gasteiger partial charge on any atom is -0.493 e. The van der Waals surface area contributed by atoms with E-state index in [2.05, 4.69) is 4.98 Å². The molecular formula is C20H20ClNO4. The largest absolute Gasteiger partial charge is 0.493 e. The maximum absolute atomic E-state index is 11.8. The molecule has 0 saturated heterocycles. The van der Waals surface area contributed by atoms with Crippen LogP contribution in [-0.4, -0.2) is 31.3 Å². The number of para-hydroxylation sites is 2. The molecule has 0 aliphatic heterocycles. The van der Waals surface area contributed by atoms with Crippen LogP contribution in [0.4, 0.5) is 0 Å². The fourth-order valence-electron chi connectivity index (χ4n) is 2.72. The van der Waals surface area contributed by atoms with Gasteiger partial charge in [0.25, 0.3) is 0 Å². The number of carbonyl (C=O) groups excluding carboxylic acids is 1. The molecule has 1 aromatic heterocycles. The van der Waals surface area contributed by atoms with Crippen LogP contribution in [0.25, 0.3) is 10.9 Å². The fourth-order valence-corrected chi connectivity index (χ4v) is 2.89. The number of hydrogen-bond donors (Lipinski definition) is 1. The van der Waals surface area contributed by atoms with Crippen LogP contribution in [-0.2, 0) is 16.0 Å². The molecule has 3 rings (SSSR count). The van der Waals surface area contributed by atoms with E-state index in [4.69, 9.17) is 25.8 Å². The number of carbonyl (C=O) groups is 1. The van der Waals surface area contributed by atoms with Crippen molar-refractivity contribution >= 4 is 28.5 Å². The first-order chi connectivity index (χ1) is 12.7. The average molecular weight is 374 g/mol. The Morgan fingerprint density at radius 1 is 1.15 bits per heavy atom. The highest BCUT2D eigenvalue weighted by Crippen LogP contribution is 2.26. The second-order valence-corrected chi connectivity index (χ2v) is 6.20. The molecule has 0 bridgehead atoms. The Labute approximate surface area is 156 Å². The summed E-state index contributed by atoms with van der Waals surface area (Å²) in [4.78, 5) is 15.0. The van der Waals surface area contributed by atoms with Gasteiger partial charge in [-0.1, -0.05) is 23.7 Å². The van der Waals surface area contributed by atoms with Crippen molar-refractivity contribution in [3.8, 4) is 11.5 Å². The molecule has 0 aliphatic carbocycles. The van der Waals surface area contributed by atoms with Crippen molar-refractivity contribution < 1.29 is 19.0 Å². The first-order valence-electron chi connectivity index (χ1n) is 8.34. The van der Waals surface area contributed by atoms with Gasteiger partial charge >= 0.3 is 5.97 Å². The second kappa shape index (κ2) is 8.63. The summed E-state index contributed by atoms with van der Waals surface area (Å²) in [5.41, 5.74) is 2.20. The molecule has 0 amide bonds. The first kappa shape index (κ1) is 18.1. The van der Waals surface area contributed by atoms with Crippen LogP contribution in [0.5, 0.6) is 11.5 Å². The molecule has 136 valence electrons. The van der Waals surface area contributed by atoms with Crippen LogP contribution in [0.15, 0.2) is 48.7 Å². The molecule has 0 saturated carbocycles. The molecule has 0 unspecified atom stereocenters. The number of hydrogen-bond acceptors (Lipinski definition) is 4. The topological polar surface area (TPSA) is 60.6 Å². The Bertz CT molecular complexity index is 890. The molecule has 26 heavy (non-hydrogen) atoms. The maximum atomic E-state index is 11.8. The van der Waals surface area contributed by atoms with Crippen molar-refractivity contribution in [1.29, 1.82) is 0 Å². The van der Waals surface area contributed by atoms with Crippen LogP contribution in [0, 0.1) is 0 Å². The summed E-state index contributed by atoms with van der Waals surface area (Å²) in [6.45, 7) is 0.185. The number of benzene rings is 2. The number of H-pyrrole nitrogens is 1. The van der Waals surface area contributed by atoms with Crippen molar-refractivity contribution in [3.05, 3.63) is 59.2 Å². The third-order valence-corrected chi connectivity index (χ3v) is 4.23. The molecule has 0 atom stereocenters. The third kappa shape index (κ3) is 4.49. The minimum atomic E-state index is -0.405. The van der Waals surface area contributed by atoms with E-state index in [0.717, 1.165) is 29.3 Å². The molecular weight excluding hydrogens is 354 g/mol. The Balaban J connectivity index is 1.43. The van der Waals surface area contributed by atoms with Crippen LogP contribution in [0.2, 0.25) is 5.02 Å². The molecule has 0 spiro atoms. The number of aryl methyl sites for hydroxylation is 1. The first-order valence-corrected chi connectivity index (χ1v) is 8.72. The van der Waals surface area contributed by atoms with Gasteiger partial charge in [-0.25, -0.2) is 4.79 Å². The Kier molecular flexibility index (Phi) is 6.02. The number of aromatic nitrogens is 1. The van der Waals surface area contributed by atoms with E-state index in [1.165, 1.54) is 0 Å². The number of esters is 1. The van der Waals surface area contributed by atoms with Gasteiger partial charge in [-0.3, -0.25) is 0 Å². The predicted octanol–water partition coefficient (Wildman–Crippen LogP) is 4.38. The monoisotopic (exact) mass is 373 g/mol. The lowest BCUT2D eigenvalue weighted by Gasteiger charge is -2.10. The van der Waals surface area contributed by atoms with Gasteiger partial charge in [0, 0.05) is 22.1 Å². The summed E-state index contributed by atoms with van der Waals surface area (Å²) in [5, 5.41) is 1.81. The highest BCUT2D eigenvalue weighted by Gasteiger charge is 2.09. The fraction of sp³-hybridized carbons (Fsp3) is 0.250. The van der Waals surface area contributed by atoms with Gasteiger partial charge in [-0.2, -0.15) is 0 Å². The molecule has 0 radical (unpaired) electrons. The molecule has 6 heteroatoms. The van der Waals surface area contributed by atoms with Crippen molar-refractivity contribution in [3.63, 3.8) is 0 Å². The summed E-state index contributed by atoms with van der Waals surface area (Å²) in [5.74, 6) is 0.693. The van der Waals surface area contributed by atoms with Crippen molar-refractivity contribution in [2.45, 2.75) is 12.8 Å². The van der Waals surface area contributed by atoms with E-state index in [0.29, 0.717) is 23.1 Å². The normalized spacial score (nSPS) is 10.7. The minimum absolute atomic E-state index is 0.150. The van der Waals surface area contributed by atoms with Crippen molar-refractivity contribution in [2.75, 3.05) is 20.3 Å². The molecule has 5 nitrogen and oxygen atoms in total. The lowest BCUT2D eigenvalue weighted by molar-refractivity contribution is -0.146. The van der Waals surface area contributed by atoms with Gasteiger partial charge in [0.15, 0.2) is 18.1 Å². The van der Waals surface area contributed by atoms with Crippen LogP contribution < -0.4 is 9.47 Å². The summed E-state index contributed by atoms with van der Waals surface area (Å²) >= 11 is 6.05. The Morgan fingerprint density at radius 2 is 1.96 bits per heavy atom. The van der Waals surface area contributed by atoms with Crippen molar-refractivity contribution in [1.82, 2.24) is 4.98 Å². The molecule has 2 aromatic carbocycles. The Hall–Kier alpha value is -2.66. The molecule has 1 heterocycles. The zero-order valence-electron chi connectivity index (χ0n) is 14.5. The average Bonchev–Trinajstić information content (AvgIpc) is 3.06. The molecule has 0 aliphatic rings. The highest BCUT2D eigenvalue weighted by molar-refractivity contribution is 6.31. The lowest BCUT2D eigenvalue weighted by atomic mass is 10.1. The summed E-state index contributed by atoms with van der Waals surface area (Å²) in [6.07, 6.45) is 3.48. The number of rotatable bonds is 8. The molecule has 1 N–H and O–H groups in total. The van der Waals surface area contributed by atoms with Gasteiger partial charge in [-0.15, -0.1) is 0 Å². The maximum Gasteiger partial charge on any atom is 0.344 e. The van der Waals surface area contributed by atoms with Crippen molar-refractivity contribution in [2.24, 2.45) is 0 Å². The van der Waals surface area contributed by atoms with E-state index >= 15 is 0 Å². The van der Waals surface area contributed by atoms with Crippen LogP contribution in [0.3, 0.4) is 0 Å². The second-order valence-electron chi connectivity index (χ2n) is 5.77. The number of fused-ring (bicyclic) bond motifs is 1. The molecule has 0 fully saturated rings. The van der Waals surface area contributed by atoms with Crippen LogP contribution in [0.1, 0.15) is 12.0 Å². The number of ether oxygens (including phenoxy) is 3. The zero-order chi connectivity index (χ0) is 18.4. The predicted molar refractivity (Wildman–Crippen MR) is 101 cm³/mol. The van der Waals surface area contributed by atoms with Gasteiger partial charge < -0.3 is 19.2 Å². The van der Waals surface area contributed by atoms with E-state index in [-0.39, 0.29) is 6.61 Å². The highest BCUT2D eigenvalue weighted by atomic mass is 35.5. The van der Waals surface area contributed by atoms with E-state index in [1.54, 1.807) is 19.2 Å². The Morgan fingerprint density at radius 3 is 2.77 bits per heavy atom. The number of aromatic amines is 1. The SMILES string of the molecule is COc1ccccc1OCC(=O)OCCCc1c[nH]c2ccc(Cl)cc12. The van der Waals surface area contributed by atoms with E-state index in [9.17, 15) is 4.79 Å². The third-order valence-electron chi connectivity index (χ3n) is 4.00. The number of nitrogens with one attached hydrogen (secondary N) is 1.